The Balaban J connectivity index is 1.60. The number of hydrogen-bond donors (Lipinski definition) is 1. The molecule has 4 aromatic rings. The van der Waals surface area contributed by atoms with Gasteiger partial charge >= 0.3 is 5.69 Å². The Kier molecular flexibility index (Phi) is 5.70. The summed E-state index contributed by atoms with van der Waals surface area (Å²) in [6.45, 7) is 4.58. The molecule has 0 unspecified atom stereocenters. The standard InChI is InChI=1S/C23H22N6O2/c1-16(2)19-6-3-4-7-20(19)22-25-15-21(29(30)31)23(27-22)24-14-17-8-10-18(11-9-17)28-13-5-12-26-28/h3-13,15-16H,14H2,1-2H3,(H,24,25,27). The zero-order chi connectivity index (χ0) is 21.8. The zero-order valence-electron chi connectivity index (χ0n) is 17.3. The van der Waals surface area contributed by atoms with Gasteiger partial charge in [0, 0.05) is 24.5 Å². The second-order valence-electron chi connectivity index (χ2n) is 7.40. The molecule has 4 rings (SSSR count). The van der Waals surface area contributed by atoms with Crippen LogP contribution in [0.3, 0.4) is 0 Å². The summed E-state index contributed by atoms with van der Waals surface area (Å²) in [4.78, 5) is 19.8. The van der Waals surface area contributed by atoms with E-state index in [4.69, 9.17) is 0 Å². The van der Waals surface area contributed by atoms with E-state index in [1.165, 1.54) is 6.20 Å². The number of nitrogens with one attached hydrogen (secondary N) is 1. The highest BCUT2D eigenvalue weighted by Crippen LogP contribution is 2.30. The molecular formula is C23H22N6O2. The average molecular weight is 414 g/mol. The summed E-state index contributed by atoms with van der Waals surface area (Å²) in [7, 11) is 0. The van der Waals surface area contributed by atoms with Crippen LogP contribution >= 0.6 is 0 Å². The van der Waals surface area contributed by atoms with Crippen molar-refractivity contribution in [2.24, 2.45) is 0 Å². The topological polar surface area (TPSA) is 98.8 Å². The molecule has 0 saturated carbocycles. The summed E-state index contributed by atoms with van der Waals surface area (Å²) in [5.41, 5.74) is 3.72. The van der Waals surface area contributed by atoms with E-state index in [-0.39, 0.29) is 17.4 Å². The summed E-state index contributed by atoms with van der Waals surface area (Å²) in [5, 5.41) is 18.8. The lowest BCUT2D eigenvalue weighted by atomic mass is 9.97. The summed E-state index contributed by atoms with van der Waals surface area (Å²) in [5.74, 6) is 0.941. The summed E-state index contributed by atoms with van der Waals surface area (Å²) < 4.78 is 1.77. The molecule has 8 heteroatoms. The lowest BCUT2D eigenvalue weighted by Crippen LogP contribution is -2.07. The quantitative estimate of drug-likeness (QED) is 0.338. The monoisotopic (exact) mass is 414 g/mol. The number of nitrogens with zero attached hydrogens (tertiary/aromatic N) is 5. The van der Waals surface area contributed by atoms with E-state index >= 15 is 0 Å². The number of rotatable bonds is 7. The third kappa shape index (κ3) is 4.42. The van der Waals surface area contributed by atoms with E-state index in [1.54, 1.807) is 10.9 Å². The van der Waals surface area contributed by atoms with Gasteiger partial charge in [-0.3, -0.25) is 10.1 Å². The third-order valence-corrected chi connectivity index (χ3v) is 4.96. The predicted octanol–water partition coefficient (Wildman–Crippen LogP) is 4.97. The summed E-state index contributed by atoms with van der Waals surface area (Å²) >= 11 is 0. The smallest absolute Gasteiger partial charge is 0.329 e. The van der Waals surface area contributed by atoms with Gasteiger partial charge in [0.05, 0.1) is 10.6 Å². The van der Waals surface area contributed by atoms with Crippen molar-refractivity contribution in [1.29, 1.82) is 0 Å². The van der Waals surface area contributed by atoms with Crippen LogP contribution in [0.2, 0.25) is 0 Å². The molecule has 0 atom stereocenters. The molecule has 0 aliphatic carbocycles. The number of anilines is 1. The molecule has 0 aliphatic rings. The Morgan fingerprint density at radius 3 is 2.55 bits per heavy atom. The Bertz CT molecular complexity index is 1190. The molecule has 0 saturated heterocycles. The number of hydrogen-bond acceptors (Lipinski definition) is 6. The summed E-state index contributed by atoms with van der Waals surface area (Å²) in [6.07, 6.45) is 4.86. The van der Waals surface area contributed by atoms with Crippen molar-refractivity contribution in [2.75, 3.05) is 5.32 Å². The first-order valence-corrected chi connectivity index (χ1v) is 9.96. The fraction of sp³-hybridized carbons (Fsp3) is 0.174. The zero-order valence-corrected chi connectivity index (χ0v) is 17.3. The van der Waals surface area contributed by atoms with Gasteiger partial charge in [-0.25, -0.2) is 14.6 Å². The Morgan fingerprint density at radius 2 is 1.87 bits per heavy atom. The Morgan fingerprint density at radius 1 is 1.10 bits per heavy atom. The molecule has 2 heterocycles. The van der Waals surface area contributed by atoms with Gasteiger partial charge in [0.2, 0.25) is 5.82 Å². The SMILES string of the molecule is CC(C)c1ccccc1-c1ncc([N+](=O)[O-])c(NCc2ccc(-n3cccn3)cc2)n1. The van der Waals surface area contributed by atoms with Gasteiger partial charge in [-0.05, 0) is 35.2 Å². The molecule has 0 spiro atoms. The average Bonchev–Trinajstić information content (AvgIpc) is 3.32. The van der Waals surface area contributed by atoms with Crippen molar-refractivity contribution >= 4 is 11.5 Å². The molecule has 0 radical (unpaired) electrons. The maximum Gasteiger partial charge on any atom is 0.329 e. The lowest BCUT2D eigenvalue weighted by molar-refractivity contribution is -0.384. The van der Waals surface area contributed by atoms with E-state index in [9.17, 15) is 10.1 Å². The number of benzene rings is 2. The fourth-order valence-electron chi connectivity index (χ4n) is 3.35. The van der Waals surface area contributed by atoms with Gasteiger partial charge in [-0.15, -0.1) is 0 Å². The van der Waals surface area contributed by atoms with Crippen LogP contribution in [0.4, 0.5) is 11.5 Å². The first kappa shape index (κ1) is 20.2. The van der Waals surface area contributed by atoms with Crippen molar-refractivity contribution < 1.29 is 4.92 Å². The number of nitro groups is 1. The predicted molar refractivity (Wildman–Crippen MR) is 119 cm³/mol. The molecule has 2 aromatic heterocycles. The van der Waals surface area contributed by atoms with Crippen LogP contribution in [0, 0.1) is 10.1 Å². The normalized spacial score (nSPS) is 10.9. The molecule has 0 bridgehead atoms. The maximum atomic E-state index is 11.5. The first-order valence-electron chi connectivity index (χ1n) is 9.96. The van der Waals surface area contributed by atoms with Gasteiger partial charge in [0.25, 0.3) is 0 Å². The van der Waals surface area contributed by atoms with E-state index in [1.807, 2.05) is 60.8 Å². The minimum Gasteiger partial charge on any atom is -0.360 e. The van der Waals surface area contributed by atoms with Crippen LogP contribution in [0.1, 0.15) is 30.9 Å². The van der Waals surface area contributed by atoms with Crippen LogP contribution in [0.5, 0.6) is 0 Å². The third-order valence-electron chi connectivity index (χ3n) is 4.96. The highest BCUT2D eigenvalue weighted by molar-refractivity contribution is 5.66. The molecule has 8 nitrogen and oxygen atoms in total. The highest BCUT2D eigenvalue weighted by atomic mass is 16.6. The van der Waals surface area contributed by atoms with Crippen molar-refractivity contribution in [2.45, 2.75) is 26.3 Å². The van der Waals surface area contributed by atoms with Crippen LogP contribution in [0.25, 0.3) is 17.1 Å². The minimum atomic E-state index is -0.471. The first-order chi connectivity index (χ1) is 15.0. The lowest BCUT2D eigenvalue weighted by Gasteiger charge is -2.13. The van der Waals surface area contributed by atoms with Gasteiger partial charge in [-0.2, -0.15) is 5.10 Å². The second-order valence-corrected chi connectivity index (χ2v) is 7.40. The molecule has 31 heavy (non-hydrogen) atoms. The largest absolute Gasteiger partial charge is 0.360 e. The molecule has 1 N–H and O–H groups in total. The van der Waals surface area contributed by atoms with Crippen molar-refractivity contribution in [3.63, 3.8) is 0 Å². The van der Waals surface area contributed by atoms with E-state index in [2.05, 4.69) is 34.2 Å². The van der Waals surface area contributed by atoms with Crippen LogP contribution < -0.4 is 5.32 Å². The van der Waals surface area contributed by atoms with Gasteiger partial charge in [-0.1, -0.05) is 50.2 Å². The Hall–Kier alpha value is -4.07. The van der Waals surface area contributed by atoms with Crippen molar-refractivity contribution in [1.82, 2.24) is 19.7 Å². The van der Waals surface area contributed by atoms with E-state index < -0.39 is 4.92 Å². The number of aromatic nitrogens is 4. The van der Waals surface area contributed by atoms with Gasteiger partial charge in [0.1, 0.15) is 6.20 Å². The highest BCUT2D eigenvalue weighted by Gasteiger charge is 2.19. The second kappa shape index (κ2) is 8.74. The molecular weight excluding hydrogens is 392 g/mol. The molecule has 0 fully saturated rings. The Labute approximate surface area is 179 Å². The molecule has 156 valence electrons. The molecule has 2 aromatic carbocycles. The van der Waals surface area contributed by atoms with Crippen LogP contribution in [0.15, 0.2) is 73.2 Å². The van der Waals surface area contributed by atoms with E-state index in [0.717, 1.165) is 22.4 Å². The van der Waals surface area contributed by atoms with Crippen molar-refractivity contribution in [3.05, 3.63) is 94.4 Å². The van der Waals surface area contributed by atoms with Crippen LogP contribution in [-0.2, 0) is 6.54 Å². The van der Waals surface area contributed by atoms with Gasteiger partial charge in [0.15, 0.2) is 5.82 Å². The molecule has 0 aliphatic heterocycles. The fourth-order valence-corrected chi connectivity index (χ4v) is 3.35. The van der Waals surface area contributed by atoms with Crippen LogP contribution in [-0.4, -0.2) is 24.7 Å². The van der Waals surface area contributed by atoms with Crippen molar-refractivity contribution in [3.8, 4) is 17.1 Å². The summed E-state index contributed by atoms with van der Waals surface area (Å²) in [6, 6.07) is 17.5. The molecule has 0 amide bonds. The minimum absolute atomic E-state index is 0.154. The van der Waals surface area contributed by atoms with Gasteiger partial charge < -0.3 is 5.32 Å². The van der Waals surface area contributed by atoms with E-state index in [0.29, 0.717) is 12.4 Å². The maximum absolute atomic E-state index is 11.5.